The van der Waals surface area contributed by atoms with Gasteiger partial charge in [0.05, 0.1) is 23.5 Å². The standard InChI is InChI=1S/C20H19F4N5O3S/c1-27(2)33(31,32)26-20(30)14-9-25-29-6-5-16(18(24)19(14)29)28-10-12(22)8-17(28)13-7-11(21)3-4-15(13)23/h3-7,9,12,17H,8,10H2,1-2H3,(H,26,30)/t12-,17?/m0/s1. The second-order valence-corrected chi connectivity index (χ2v) is 9.64. The zero-order chi connectivity index (χ0) is 24.1. The Labute approximate surface area is 186 Å². The van der Waals surface area contributed by atoms with Crippen LogP contribution in [0.3, 0.4) is 0 Å². The molecule has 13 heteroatoms. The molecular weight excluding hydrogens is 466 g/mol. The fourth-order valence-electron chi connectivity index (χ4n) is 3.80. The van der Waals surface area contributed by atoms with Crippen molar-refractivity contribution in [1.82, 2.24) is 18.6 Å². The number of amides is 1. The van der Waals surface area contributed by atoms with Crippen molar-refractivity contribution in [3.05, 3.63) is 65.2 Å². The van der Waals surface area contributed by atoms with Gasteiger partial charge in [0, 0.05) is 38.8 Å². The van der Waals surface area contributed by atoms with Gasteiger partial charge in [0.1, 0.15) is 23.3 Å². The first-order valence-corrected chi connectivity index (χ1v) is 11.2. The van der Waals surface area contributed by atoms with Gasteiger partial charge in [-0.15, -0.1) is 0 Å². The minimum Gasteiger partial charge on any atom is -0.359 e. The highest BCUT2D eigenvalue weighted by atomic mass is 32.2. The number of benzene rings is 1. The molecule has 0 saturated carbocycles. The van der Waals surface area contributed by atoms with Crippen LogP contribution in [-0.4, -0.2) is 55.1 Å². The van der Waals surface area contributed by atoms with Crippen LogP contribution in [-0.2, 0) is 10.2 Å². The van der Waals surface area contributed by atoms with Crippen molar-refractivity contribution in [3.8, 4) is 0 Å². The number of alkyl halides is 1. The van der Waals surface area contributed by atoms with Crippen molar-refractivity contribution in [2.24, 2.45) is 0 Å². The summed E-state index contributed by atoms with van der Waals surface area (Å²) in [6, 6.07) is 3.05. The lowest BCUT2D eigenvalue weighted by Crippen LogP contribution is -2.39. The van der Waals surface area contributed by atoms with Crippen LogP contribution in [0, 0.1) is 17.5 Å². The van der Waals surface area contributed by atoms with E-state index < -0.39 is 45.8 Å². The maximum absolute atomic E-state index is 15.6. The predicted molar refractivity (Wildman–Crippen MR) is 111 cm³/mol. The Balaban J connectivity index is 1.78. The van der Waals surface area contributed by atoms with Crippen molar-refractivity contribution in [2.75, 3.05) is 25.5 Å². The number of nitrogens with one attached hydrogen (secondary N) is 1. The van der Waals surface area contributed by atoms with Gasteiger partial charge in [0.2, 0.25) is 0 Å². The third-order valence-electron chi connectivity index (χ3n) is 5.43. The van der Waals surface area contributed by atoms with E-state index in [1.807, 2.05) is 0 Å². The summed E-state index contributed by atoms with van der Waals surface area (Å²) >= 11 is 0. The summed E-state index contributed by atoms with van der Waals surface area (Å²) in [6.07, 6.45) is 0.661. The molecule has 2 aromatic heterocycles. The highest BCUT2D eigenvalue weighted by molar-refractivity contribution is 7.87. The molecule has 33 heavy (non-hydrogen) atoms. The number of anilines is 1. The Morgan fingerprint density at radius 3 is 2.64 bits per heavy atom. The molecule has 3 aromatic rings. The van der Waals surface area contributed by atoms with E-state index in [1.165, 1.54) is 31.3 Å². The lowest BCUT2D eigenvalue weighted by Gasteiger charge is -2.27. The van der Waals surface area contributed by atoms with Gasteiger partial charge < -0.3 is 4.90 Å². The molecule has 0 bridgehead atoms. The highest BCUT2D eigenvalue weighted by Crippen LogP contribution is 2.40. The van der Waals surface area contributed by atoms with Gasteiger partial charge in [-0.3, -0.25) is 4.79 Å². The Kier molecular flexibility index (Phi) is 5.78. The van der Waals surface area contributed by atoms with Gasteiger partial charge in [-0.05, 0) is 24.3 Å². The number of fused-ring (bicyclic) bond motifs is 1. The van der Waals surface area contributed by atoms with Gasteiger partial charge in [-0.2, -0.15) is 17.8 Å². The number of halogens is 4. The summed E-state index contributed by atoms with van der Waals surface area (Å²) in [5, 5.41) is 3.87. The second kappa shape index (κ2) is 8.30. The molecule has 4 rings (SSSR count). The first kappa shape index (κ1) is 23.0. The number of rotatable bonds is 5. The first-order valence-electron chi connectivity index (χ1n) is 9.75. The van der Waals surface area contributed by atoms with Crippen LogP contribution in [0.5, 0.6) is 0 Å². The number of hydrogen-bond donors (Lipinski definition) is 1. The van der Waals surface area contributed by atoms with E-state index in [2.05, 4.69) is 5.10 Å². The number of hydrogen-bond acceptors (Lipinski definition) is 5. The van der Waals surface area contributed by atoms with Crippen LogP contribution >= 0.6 is 0 Å². The fraction of sp³-hybridized carbons (Fsp3) is 0.300. The average Bonchev–Trinajstić information content (AvgIpc) is 3.34. The molecule has 1 amide bonds. The van der Waals surface area contributed by atoms with E-state index in [-0.39, 0.29) is 35.3 Å². The van der Waals surface area contributed by atoms with Crippen LogP contribution < -0.4 is 9.62 Å². The summed E-state index contributed by atoms with van der Waals surface area (Å²) in [7, 11) is -1.74. The van der Waals surface area contributed by atoms with E-state index in [0.717, 1.165) is 33.2 Å². The van der Waals surface area contributed by atoms with E-state index >= 15 is 4.39 Å². The molecular formula is C20H19F4N5O3S. The molecule has 3 heterocycles. The molecule has 1 aliphatic heterocycles. The van der Waals surface area contributed by atoms with Gasteiger partial charge in [-0.1, -0.05) is 0 Å². The Bertz CT molecular complexity index is 1340. The summed E-state index contributed by atoms with van der Waals surface area (Å²) in [6.45, 7) is -0.293. The van der Waals surface area contributed by atoms with Crippen molar-refractivity contribution >= 4 is 27.3 Å². The molecule has 1 aromatic carbocycles. The number of carbonyl (C=O) groups is 1. The SMILES string of the molecule is CN(C)S(=O)(=O)NC(=O)c1cnn2ccc(N3C[C@@H](F)CC3c3cc(F)ccc3F)c(F)c12. The molecule has 2 atom stereocenters. The Morgan fingerprint density at radius 2 is 1.94 bits per heavy atom. The van der Waals surface area contributed by atoms with E-state index in [9.17, 15) is 26.4 Å². The van der Waals surface area contributed by atoms with Crippen molar-refractivity contribution < 1.29 is 30.8 Å². The van der Waals surface area contributed by atoms with Gasteiger partial charge >= 0.3 is 10.2 Å². The Hall–Kier alpha value is -3.19. The molecule has 1 aliphatic rings. The lowest BCUT2D eigenvalue weighted by molar-refractivity contribution is 0.0981. The molecule has 1 saturated heterocycles. The van der Waals surface area contributed by atoms with Crippen LogP contribution in [0.1, 0.15) is 28.4 Å². The lowest BCUT2D eigenvalue weighted by atomic mass is 10.0. The number of aromatic nitrogens is 2. The van der Waals surface area contributed by atoms with Crippen LogP contribution in [0.15, 0.2) is 36.7 Å². The van der Waals surface area contributed by atoms with Crippen LogP contribution in [0.4, 0.5) is 23.2 Å². The highest BCUT2D eigenvalue weighted by Gasteiger charge is 2.37. The maximum Gasteiger partial charge on any atom is 0.303 e. The molecule has 176 valence electrons. The molecule has 0 aliphatic carbocycles. The second-order valence-electron chi connectivity index (χ2n) is 7.75. The summed E-state index contributed by atoms with van der Waals surface area (Å²) in [5.74, 6) is -3.59. The monoisotopic (exact) mass is 485 g/mol. The van der Waals surface area contributed by atoms with Crippen LogP contribution in [0.2, 0.25) is 0 Å². The minimum atomic E-state index is -4.15. The van der Waals surface area contributed by atoms with Gasteiger partial charge in [0.25, 0.3) is 5.91 Å². The molecule has 1 unspecified atom stereocenters. The van der Waals surface area contributed by atoms with Crippen LogP contribution in [0.25, 0.3) is 5.52 Å². The normalized spacial score (nSPS) is 18.9. The minimum absolute atomic E-state index is 0.127. The summed E-state index contributed by atoms with van der Waals surface area (Å²) in [5.41, 5.74) is -1.01. The summed E-state index contributed by atoms with van der Waals surface area (Å²) < 4.78 is 85.7. The van der Waals surface area contributed by atoms with Crippen molar-refractivity contribution in [3.63, 3.8) is 0 Å². The number of carbonyl (C=O) groups excluding carboxylic acids is 1. The molecule has 0 spiro atoms. The van der Waals surface area contributed by atoms with Crippen molar-refractivity contribution in [2.45, 2.75) is 18.6 Å². The summed E-state index contributed by atoms with van der Waals surface area (Å²) in [4.78, 5) is 13.8. The van der Waals surface area contributed by atoms with Crippen molar-refractivity contribution in [1.29, 1.82) is 0 Å². The first-order chi connectivity index (χ1) is 15.5. The largest absolute Gasteiger partial charge is 0.359 e. The average molecular weight is 485 g/mol. The zero-order valence-corrected chi connectivity index (χ0v) is 18.3. The fourth-order valence-corrected chi connectivity index (χ4v) is 4.32. The van der Waals surface area contributed by atoms with E-state index in [0.29, 0.717) is 0 Å². The van der Waals surface area contributed by atoms with E-state index in [1.54, 1.807) is 4.72 Å². The third-order valence-corrected chi connectivity index (χ3v) is 6.83. The predicted octanol–water partition coefficient (Wildman–Crippen LogP) is 2.58. The molecule has 1 fully saturated rings. The van der Waals surface area contributed by atoms with Gasteiger partial charge in [0.15, 0.2) is 5.82 Å². The molecule has 0 radical (unpaired) electrons. The van der Waals surface area contributed by atoms with Gasteiger partial charge in [-0.25, -0.2) is 26.8 Å². The Morgan fingerprint density at radius 1 is 1.21 bits per heavy atom. The molecule has 1 N–H and O–H groups in total. The van der Waals surface area contributed by atoms with E-state index in [4.69, 9.17) is 0 Å². The number of pyridine rings is 1. The molecule has 8 nitrogen and oxygen atoms in total. The number of nitrogens with zero attached hydrogens (tertiary/aromatic N) is 4. The third kappa shape index (κ3) is 4.13. The maximum atomic E-state index is 15.6. The topological polar surface area (TPSA) is 87.0 Å². The zero-order valence-electron chi connectivity index (χ0n) is 17.5. The quantitative estimate of drug-likeness (QED) is 0.562. The smallest absolute Gasteiger partial charge is 0.303 e.